The van der Waals surface area contributed by atoms with E-state index in [9.17, 15) is 4.79 Å². The molecule has 0 spiro atoms. The van der Waals surface area contributed by atoms with Crippen LogP contribution in [-0.4, -0.2) is 18.5 Å². The van der Waals surface area contributed by atoms with E-state index in [-0.39, 0.29) is 28.5 Å². The van der Waals surface area contributed by atoms with E-state index in [1.165, 1.54) is 0 Å². The smallest absolute Gasteiger partial charge is 0.149 e. The Morgan fingerprint density at radius 3 is 1.88 bits per heavy atom. The van der Waals surface area contributed by atoms with Crippen molar-refractivity contribution in [3.05, 3.63) is 0 Å². The molecule has 3 aliphatic rings. The molecule has 0 aromatic heterocycles. The summed E-state index contributed by atoms with van der Waals surface area (Å²) in [5.41, 5.74) is 0.781. The molecule has 6 unspecified atom stereocenters. The van der Waals surface area contributed by atoms with Gasteiger partial charge in [0.05, 0.1) is 6.10 Å². The first kappa shape index (κ1) is 18.4. The highest BCUT2D eigenvalue weighted by molar-refractivity contribution is 5.59. The Balaban J connectivity index is 2.08. The molecule has 0 aromatic rings. The van der Waals surface area contributed by atoms with Crippen LogP contribution in [0.1, 0.15) is 69.2 Å². The zero-order chi connectivity index (χ0) is 18.5. The topological polar surface area (TPSA) is 26.3 Å². The molecule has 1 saturated heterocycles. The molecule has 2 heteroatoms. The van der Waals surface area contributed by atoms with Crippen LogP contribution >= 0.6 is 0 Å². The van der Waals surface area contributed by atoms with E-state index in [1.807, 2.05) is 0 Å². The van der Waals surface area contributed by atoms with Crippen molar-refractivity contribution in [3.63, 3.8) is 0 Å². The van der Waals surface area contributed by atoms with Gasteiger partial charge in [-0.2, -0.15) is 0 Å². The maximum atomic E-state index is 12.0. The van der Waals surface area contributed by atoms with Gasteiger partial charge >= 0.3 is 0 Å². The summed E-state index contributed by atoms with van der Waals surface area (Å²) in [6.07, 6.45) is 1.02. The van der Waals surface area contributed by atoms with Crippen molar-refractivity contribution in [3.8, 4) is 0 Å². The molecule has 0 N–H and O–H groups in total. The molecule has 3 fully saturated rings. The van der Waals surface area contributed by atoms with Crippen molar-refractivity contribution in [2.75, 3.05) is 0 Å². The van der Waals surface area contributed by atoms with Gasteiger partial charge in [0.25, 0.3) is 0 Å². The Morgan fingerprint density at radius 1 is 0.917 bits per heavy atom. The average Bonchev–Trinajstić information content (AvgIpc) is 2.41. The molecule has 2 aliphatic carbocycles. The first-order valence-electron chi connectivity index (χ1n) is 9.81. The molecule has 8 atom stereocenters. The summed E-state index contributed by atoms with van der Waals surface area (Å²) in [6, 6.07) is 0. The quantitative estimate of drug-likeness (QED) is 0.616. The second-order valence-electron chi connectivity index (χ2n) is 11.8. The summed E-state index contributed by atoms with van der Waals surface area (Å²) in [4.78, 5) is 12.0. The monoisotopic (exact) mass is 334 g/mol. The van der Waals surface area contributed by atoms with Crippen LogP contribution in [0.5, 0.6) is 0 Å². The van der Waals surface area contributed by atoms with Gasteiger partial charge in [0.1, 0.15) is 12.4 Å². The molecule has 3 rings (SSSR count). The molecule has 2 saturated carbocycles. The van der Waals surface area contributed by atoms with E-state index in [0.29, 0.717) is 23.2 Å². The Labute approximate surface area is 149 Å². The number of fused-ring (bicyclic) bond motifs is 4. The Morgan fingerprint density at radius 2 is 1.46 bits per heavy atom. The van der Waals surface area contributed by atoms with E-state index >= 15 is 0 Å². The fraction of sp³-hybridized carbons (Fsp3) is 0.955. The third-order valence-corrected chi connectivity index (χ3v) is 8.67. The van der Waals surface area contributed by atoms with Crippen LogP contribution in [0, 0.1) is 51.2 Å². The first-order chi connectivity index (χ1) is 10.7. The molecule has 0 amide bonds. The average molecular weight is 335 g/mol. The van der Waals surface area contributed by atoms with E-state index in [1.54, 1.807) is 0 Å². The minimum atomic E-state index is -0.231. The number of hydrogen-bond acceptors (Lipinski definition) is 2. The number of hydrogen-bond donors (Lipinski definition) is 0. The minimum Gasteiger partial charge on any atom is -0.366 e. The van der Waals surface area contributed by atoms with Crippen LogP contribution in [0.2, 0.25) is 0 Å². The second kappa shape index (κ2) is 4.87. The van der Waals surface area contributed by atoms with Gasteiger partial charge in [0.15, 0.2) is 0 Å². The van der Waals surface area contributed by atoms with Crippen molar-refractivity contribution in [1.29, 1.82) is 0 Å². The summed E-state index contributed by atoms with van der Waals surface area (Å²) in [6.45, 7) is 23.5. The fourth-order valence-electron chi connectivity index (χ4n) is 7.12. The number of rotatable bonds is 1. The Kier molecular flexibility index (Phi) is 3.74. The van der Waals surface area contributed by atoms with Crippen LogP contribution in [0.15, 0.2) is 0 Å². The predicted octanol–water partition coefficient (Wildman–Crippen LogP) is 5.21. The molecule has 0 bridgehead atoms. The normalized spacial score (nSPS) is 50.2. The largest absolute Gasteiger partial charge is 0.366 e. The van der Waals surface area contributed by atoms with Crippen LogP contribution in [0.3, 0.4) is 0 Å². The summed E-state index contributed by atoms with van der Waals surface area (Å²) in [5, 5.41) is 0. The van der Waals surface area contributed by atoms with E-state index in [2.05, 4.69) is 69.2 Å². The van der Waals surface area contributed by atoms with Crippen LogP contribution < -0.4 is 0 Å². The maximum absolute atomic E-state index is 12.0. The molecular formula is C22H38O2. The lowest BCUT2D eigenvalue weighted by atomic mass is 9.22. The summed E-state index contributed by atoms with van der Waals surface area (Å²) in [5.74, 6) is 2.97. The Bertz CT molecular complexity index is 535. The van der Waals surface area contributed by atoms with Gasteiger partial charge < -0.3 is 9.53 Å². The predicted molar refractivity (Wildman–Crippen MR) is 98.6 cm³/mol. The van der Waals surface area contributed by atoms with Crippen molar-refractivity contribution < 1.29 is 9.53 Å². The molecule has 24 heavy (non-hydrogen) atoms. The zero-order valence-electron chi connectivity index (χ0n) is 17.4. The van der Waals surface area contributed by atoms with Crippen molar-refractivity contribution in [2.24, 2.45) is 51.2 Å². The second-order valence-corrected chi connectivity index (χ2v) is 11.8. The number of carbonyl (C=O) groups excluding carboxylic acids is 1. The van der Waals surface area contributed by atoms with Gasteiger partial charge in [-0.15, -0.1) is 0 Å². The number of ether oxygens (including phenoxy) is 1. The van der Waals surface area contributed by atoms with Gasteiger partial charge in [-0.1, -0.05) is 69.2 Å². The standard InChI is InChI=1S/C22H38O2/c1-12-15-14-16(22(15,10)21(12,8)9)13(11-23)24-18(20(5,6)7)17(14)19(2,3)4/h11-18H,1-10H3/t12-,13?,14?,15?,16?,17?,18?,22+/m0/s1. The van der Waals surface area contributed by atoms with Gasteiger partial charge in [-0.25, -0.2) is 0 Å². The van der Waals surface area contributed by atoms with E-state index in [0.717, 1.165) is 18.1 Å². The Hall–Kier alpha value is -0.370. The third kappa shape index (κ3) is 1.95. The van der Waals surface area contributed by atoms with Gasteiger partial charge in [0.2, 0.25) is 0 Å². The maximum Gasteiger partial charge on any atom is 0.149 e. The van der Waals surface area contributed by atoms with Crippen LogP contribution in [0.25, 0.3) is 0 Å². The lowest BCUT2D eigenvalue weighted by molar-refractivity contribution is -0.391. The van der Waals surface area contributed by atoms with Gasteiger partial charge in [-0.3, -0.25) is 0 Å². The van der Waals surface area contributed by atoms with Gasteiger partial charge in [-0.05, 0) is 45.3 Å². The number of aldehydes is 1. The van der Waals surface area contributed by atoms with Crippen molar-refractivity contribution >= 4 is 6.29 Å². The first-order valence-corrected chi connectivity index (χ1v) is 9.81. The molecule has 2 nitrogen and oxygen atoms in total. The van der Waals surface area contributed by atoms with E-state index in [4.69, 9.17) is 4.74 Å². The molecule has 1 aliphatic heterocycles. The molecular weight excluding hydrogens is 296 g/mol. The molecule has 0 aromatic carbocycles. The van der Waals surface area contributed by atoms with Gasteiger partial charge in [0, 0.05) is 5.92 Å². The van der Waals surface area contributed by atoms with Crippen molar-refractivity contribution in [1.82, 2.24) is 0 Å². The lowest BCUT2D eigenvalue weighted by Crippen LogP contribution is -2.82. The fourth-order valence-corrected chi connectivity index (χ4v) is 7.12. The summed E-state index contributed by atoms with van der Waals surface area (Å²) >= 11 is 0. The molecule has 138 valence electrons. The number of carbonyl (C=O) groups is 1. The minimum absolute atomic E-state index is 0.0542. The highest BCUT2D eigenvalue weighted by Gasteiger charge is 2.80. The SMILES string of the molecule is C[C@H]1C2C3C(C(C)(C)C)C(C(C)(C)C)OC(C=O)C3[C@]2(C)C1(C)C. The van der Waals surface area contributed by atoms with Crippen LogP contribution in [-0.2, 0) is 9.53 Å². The summed E-state index contributed by atoms with van der Waals surface area (Å²) < 4.78 is 6.55. The summed E-state index contributed by atoms with van der Waals surface area (Å²) in [7, 11) is 0. The van der Waals surface area contributed by atoms with Crippen molar-refractivity contribution in [2.45, 2.75) is 81.4 Å². The molecule has 0 radical (unpaired) electrons. The molecule has 1 heterocycles. The third-order valence-electron chi connectivity index (χ3n) is 8.67. The van der Waals surface area contributed by atoms with E-state index < -0.39 is 0 Å². The lowest BCUT2D eigenvalue weighted by Gasteiger charge is -2.83. The highest BCUT2D eigenvalue weighted by atomic mass is 16.5. The highest BCUT2D eigenvalue weighted by Crippen LogP contribution is 2.82. The zero-order valence-corrected chi connectivity index (χ0v) is 17.4. The van der Waals surface area contributed by atoms with Crippen LogP contribution in [0.4, 0.5) is 0 Å².